The summed E-state index contributed by atoms with van der Waals surface area (Å²) in [6.07, 6.45) is 1.79. The fourth-order valence-electron chi connectivity index (χ4n) is 2.04. The number of nitrogens with zero attached hydrogens (tertiary/aromatic N) is 3. The van der Waals surface area contributed by atoms with E-state index < -0.39 is 17.4 Å². The van der Waals surface area contributed by atoms with Crippen molar-refractivity contribution in [3.8, 4) is 6.07 Å². The van der Waals surface area contributed by atoms with Crippen LogP contribution < -0.4 is 16.6 Å². The molecular weight excluding hydrogens is 356 g/mol. The zero-order chi connectivity index (χ0) is 20.1. The number of nitrogens with one attached hydrogen (secondary N) is 2. The van der Waals surface area contributed by atoms with Crippen LogP contribution in [0.3, 0.4) is 0 Å². The predicted octanol–water partition coefficient (Wildman–Crippen LogP) is 1.54. The Morgan fingerprint density at radius 3 is 2.46 bits per heavy atom. The number of nitriles is 1. The van der Waals surface area contributed by atoms with Crippen LogP contribution in [-0.4, -0.2) is 34.5 Å². The van der Waals surface area contributed by atoms with Crippen LogP contribution in [0.15, 0.2) is 16.3 Å². The van der Waals surface area contributed by atoms with Crippen molar-refractivity contribution >= 4 is 29.5 Å². The molecule has 0 aromatic carbocycles. The number of amides is 1. The quantitative estimate of drug-likeness (QED) is 0.222. The molecule has 0 aliphatic heterocycles. The highest BCUT2D eigenvalue weighted by molar-refractivity contribution is 7.98. The Morgan fingerprint density at radius 1 is 1.38 bits per heavy atom. The normalized spacial score (nSPS) is 12.0. The third-order valence-electron chi connectivity index (χ3n) is 3.27. The summed E-state index contributed by atoms with van der Waals surface area (Å²) in [6, 6.07) is 1.75. The lowest BCUT2D eigenvalue weighted by atomic mass is 10.1. The molecule has 1 amide bonds. The van der Waals surface area contributed by atoms with E-state index in [1.165, 1.54) is 18.7 Å². The largest absolute Gasteiger partial charge is 0.462 e. The second-order valence-corrected chi connectivity index (χ2v) is 7.06. The number of carbonyl (C=O) groups is 2. The maximum Gasteiger partial charge on any atom is 0.350 e. The second kappa shape index (κ2) is 8.62. The maximum absolute atomic E-state index is 12.6. The van der Waals surface area contributed by atoms with E-state index in [9.17, 15) is 9.59 Å². The Morgan fingerprint density at radius 2 is 2.00 bits per heavy atom. The molecule has 0 fully saturated rings. The maximum atomic E-state index is 12.6. The Labute approximate surface area is 156 Å². The summed E-state index contributed by atoms with van der Waals surface area (Å²) < 4.78 is 6.37. The number of hydrogen-bond donors (Lipinski definition) is 3. The van der Waals surface area contributed by atoms with Gasteiger partial charge in [0.15, 0.2) is 5.57 Å². The zero-order valence-corrected chi connectivity index (χ0v) is 16.6. The molecule has 0 spiro atoms. The number of esters is 1. The summed E-state index contributed by atoms with van der Waals surface area (Å²) in [5.74, 6) is -1.06. The summed E-state index contributed by atoms with van der Waals surface area (Å²) >= 11 is 1.29. The van der Waals surface area contributed by atoms with Gasteiger partial charge in [0, 0.05) is 0 Å². The molecule has 0 atom stereocenters. The number of anilines is 1. The lowest BCUT2D eigenvalue weighted by molar-refractivity contribution is -0.138. The van der Waals surface area contributed by atoms with Crippen LogP contribution in [0.5, 0.6) is 0 Å². The average Bonchev–Trinajstić information content (AvgIpc) is 2.90. The number of aromatic nitrogens is 2. The highest BCUT2D eigenvalue weighted by atomic mass is 32.2. The summed E-state index contributed by atoms with van der Waals surface area (Å²) in [7, 11) is 0. The van der Waals surface area contributed by atoms with Crippen molar-refractivity contribution in [2.24, 2.45) is 0 Å². The molecule has 0 saturated carbocycles. The molecular formula is C16H24N6O3S. The molecule has 10 heteroatoms. The number of carbonyl (C=O) groups excluding carboxylic acids is 2. The Balaban J connectivity index is 3.08. The van der Waals surface area contributed by atoms with E-state index in [-0.39, 0.29) is 29.3 Å². The number of ether oxygens (including phenoxy) is 1. The van der Waals surface area contributed by atoms with Gasteiger partial charge in [-0.1, -0.05) is 0 Å². The van der Waals surface area contributed by atoms with Crippen LogP contribution in [0.25, 0.3) is 0 Å². The summed E-state index contributed by atoms with van der Waals surface area (Å²) in [4.78, 5) is 24.3. The molecule has 1 rings (SSSR count). The minimum absolute atomic E-state index is 0.142. The number of rotatable bonds is 6. The number of hydrogen-bond acceptors (Lipinski definition) is 8. The van der Waals surface area contributed by atoms with Gasteiger partial charge in [-0.2, -0.15) is 10.4 Å². The lowest BCUT2D eigenvalue weighted by Crippen LogP contribution is -2.37. The van der Waals surface area contributed by atoms with Crippen LogP contribution in [-0.2, 0) is 15.1 Å². The monoisotopic (exact) mass is 380 g/mol. The molecule has 1 heterocycles. The van der Waals surface area contributed by atoms with Crippen molar-refractivity contribution in [2.75, 3.05) is 18.6 Å². The van der Waals surface area contributed by atoms with Gasteiger partial charge >= 0.3 is 5.97 Å². The van der Waals surface area contributed by atoms with Crippen LogP contribution in [0, 0.1) is 11.3 Å². The third-order valence-corrected chi connectivity index (χ3v) is 3.95. The molecule has 0 bridgehead atoms. The number of hydrazine groups is 1. The van der Waals surface area contributed by atoms with Crippen LogP contribution in [0.2, 0.25) is 0 Å². The molecule has 142 valence electrons. The van der Waals surface area contributed by atoms with Crippen LogP contribution in [0.1, 0.15) is 45.0 Å². The van der Waals surface area contributed by atoms with E-state index >= 15 is 0 Å². The highest BCUT2D eigenvalue weighted by Crippen LogP contribution is 2.29. The summed E-state index contributed by atoms with van der Waals surface area (Å²) in [6.45, 7) is 9.02. The molecule has 4 N–H and O–H groups in total. The van der Waals surface area contributed by atoms with Crippen LogP contribution in [0.4, 0.5) is 5.82 Å². The van der Waals surface area contributed by atoms with E-state index in [0.29, 0.717) is 5.03 Å². The van der Waals surface area contributed by atoms with Crippen LogP contribution >= 0.6 is 11.8 Å². The minimum atomic E-state index is -0.765. The zero-order valence-electron chi connectivity index (χ0n) is 15.8. The van der Waals surface area contributed by atoms with E-state index in [1.54, 1.807) is 23.9 Å². The number of allylic oxidation sites excluding steroid dienone is 1. The van der Waals surface area contributed by atoms with Gasteiger partial charge in [-0.05, 0) is 40.9 Å². The van der Waals surface area contributed by atoms with Gasteiger partial charge in [-0.3, -0.25) is 10.2 Å². The molecule has 0 saturated heterocycles. The van der Waals surface area contributed by atoms with Gasteiger partial charge in [0.1, 0.15) is 22.5 Å². The number of nitrogen functional groups attached to an aromatic ring is 1. The topological polar surface area (TPSA) is 135 Å². The first kappa shape index (κ1) is 21.4. The van der Waals surface area contributed by atoms with Crippen molar-refractivity contribution in [1.82, 2.24) is 20.6 Å². The first-order chi connectivity index (χ1) is 12.1. The van der Waals surface area contributed by atoms with Crippen molar-refractivity contribution in [3.05, 3.63) is 16.8 Å². The van der Waals surface area contributed by atoms with Gasteiger partial charge in [0.2, 0.25) is 0 Å². The Bertz CT molecular complexity index is 770. The van der Waals surface area contributed by atoms with E-state index in [2.05, 4.69) is 16.0 Å². The lowest BCUT2D eigenvalue weighted by Gasteiger charge is -2.20. The van der Waals surface area contributed by atoms with Gasteiger partial charge < -0.3 is 15.9 Å². The van der Waals surface area contributed by atoms with Crippen molar-refractivity contribution < 1.29 is 14.3 Å². The molecule has 0 radical (unpaired) electrons. The molecule has 26 heavy (non-hydrogen) atoms. The van der Waals surface area contributed by atoms with Crippen molar-refractivity contribution in [1.29, 1.82) is 5.26 Å². The van der Waals surface area contributed by atoms with Gasteiger partial charge in [-0.25, -0.2) is 9.48 Å². The number of thioether (sulfide) groups is 1. The first-order valence-electron chi connectivity index (χ1n) is 7.85. The fourth-order valence-corrected chi connectivity index (χ4v) is 2.60. The van der Waals surface area contributed by atoms with Crippen molar-refractivity contribution in [3.63, 3.8) is 0 Å². The summed E-state index contributed by atoms with van der Waals surface area (Å²) in [5, 5.41) is 14.0. The number of nitrogens with two attached hydrogens (primary N) is 1. The van der Waals surface area contributed by atoms with Gasteiger partial charge in [-0.15, -0.1) is 11.8 Å². The minimum Gasteiger partial charge on any atom is -0.462 e. The molecule has 1 aromatic rings. The van der Waals surface area contributed by atoms with Gasteiger partial charge in [0.25, 0.3) is 5.91 Å². The Kier molecular flexibility index (Phi) is 7.09. The molecule has 0 unspecified atom stereocenters. The third kappa shape index (κ3) is 4.70. The van der Waals surface area contributed by atoms with Crippen molar-refractivity contribution in [2.45, 2.75) is 45.2 Å². The van der Waals surface area contributed by atoms with E-state index in [1.807, 2.05) is 20.8 Å². The molecule has 9 nitrogen and oxygen atoms in total. The standard InChI is InChI=1S/C16H24N6O3S/c1-7-25-15(24)10(8-17)9(2)19-20-13(23)11-12(18)22(16(3,4)5)21-14(11)26-6/h19H,7,18H2,1-6H3,(H,20,23)/b10-9+. The molecule has 0 aliphatic carbocycles. The van der Waals surface area contributed by atoms with E-state index in [4.69, 9.17) is 15.7 Å². The predicted molar refractivity (Wildman–Crippen MR) is 99.0 cm³/mol. The highest BCUT2D eigenvalue weighted by Gasteiger charge is 2.27. The van der Waals surface area contributed by atoms with E-state index in [0.717, 1.165) is 0 Å². The fraction of sp³-hybridized carbons (Fsp3) is 0.500. The Hall–Kier alpha value is -2.67. The average molecular weight is 380 g/mol. The molecule has 0 aliphatic rings. The SMILES string of the molecule is CCOC(=O)/C(C#N)=C(\C)NNC(=O)c1c(SC)nn(C(C)(C)C)c1N. The molecule has 1 aromatic heterocycles. The summed E-state index contributed by atoms with van der Waals surface area (Å²) in [5.41, 5.74) is 10.9. The van der Waals surface area contributed by atoms with Gasteiger partial charge in [0.05, 0.1) is 17.8 Å². The second-order valence-electron chi connectivity index (χ2n) is 6.26. The smallest absolute Gasteiger partial charge is 0.350 e. The first-order valence-corrected chi connectivity index (χ1v) is 9.08.